The summed E-state index contributed by atoms with van der Waals surface area (Å²) in [5.41, 5.74) is 1.10. The number of ketones is 1. The summed E-state index contributed by atoms with van der Waals surface area (Å²) in [5.74, 6) is -2.51. The molecule has 2 aromatic carbocycles. The second kappa shape index (κ2) is 9.07. The van der Waals surface area contributed by atoms with Gasteiger partial charge < -0.3 is 19.0 Å². The standard InChI is InChI=1S/C25H20ClNO7/c1-13-10-16(23(32-2)17(26)11-13)21(28)19-20(18-8-5-9-34-18)27(24(30)22(19)29)15-7-4-6-14(12-15)25(31)33-3/h4-12,20,28H,1-3H3/b21-19-. The maximum Gasteiger partial charge on any atom is 0.337 e. The number of carbonyl (C=O) groups excluding carboxylic acids is 3. The number of carbonyl (C=O) groups is 3. The Kier molecular flexibility index (Phi) is 6.17. The zero-order valence-corrected chi connectivity index (χ0v) is 19.3. The van der Waals surface area contributed by atoms with Gasteiger partial charge in [-0.15, -0.1) is 0 Å². The van der Waals surface area contributed by atoms with Crippen LogP contribution in [0.1, 0.15) is 33.3 Å². The largest absolute Gasteiger partial charge is 0.507 e. The number of esters is 1. The highest BCUT2D eigenvalue weighted by molar-refractivity contribution is 6.51. The van der Waals surface area contributed by atoms with Gasteiger partial charge in [-0.3, -0.25) is 14.5 Å². The van der Waals surface area contributed by atoms with Crippen molar-refractivity contribution in [1.29, 1.82) is 0 Å². The summed E-state index contributed by atoms with van der Waals surface area (Å²) in [4.78, 5) is 39.7. The van der Waals surface area contributed by atoms with E-state index in [1.807, 2.05) is 0 Å². The molecule has 1 amide bonds. The molecule has 1 fully saturated rings. The molecule has 0 aliphatic carbocycles. The van der Waals surface area contributed by atoms with Crippen molar-refractivity contribution in [3.63, 3.8) is 0 Å². The van der Waals surface area contributed by atoms with E-state index in [-0.39, 0.29) is 38.9 Å². The fourth-order valence-corrected chi connectivity index (χ4v) is 4.32. The fraction of sp³-hybridized carbons (Fsp3) is 0.160. The lowest BCUT2D eigenvalue weighted by Crippen LogP contribution is -2.29. The van der Waals surface area contributed by atoms with Crippen molar-refractivity contribution in [3.05, 3.63) is 87.8 Å². The first-order valence-corrected chi connectivity index (χ1v) is 10.5. The minimum Gasteiger partial charge on any atom is -0.507 e. The van der Waals surface area contributed by atoms with Gasteiger partial charge in [0.15, 0.2) is 0 Å². The first-order chi connectivity index (χ1) is 16.3. The molecule has 4 rings (SSSR count). The first kappa shape index (κ1) is 23.1. The van der Waals surface area contributed by atoms with Gasteiger partial charge in [-0.25, -0.2) is 4.79 Å². The molecule has 0 spiro atoms. The second-order valence-electron chi connectivity index (χ2n) is 7.55. The molecule has 1 saturated heterocycles. The number of methoxy groups -OCH3 is 2. The van der Waals surface area contributed by atoms with Crippen LogP contribution in [0.4, 0.5) is 5.69 Å². The number of Topliss-reactive ketones (excluding diaryl/α,β-unsaturated/α-hetero) is 1. The zero-order chi connectivity index (χ0) is 24.6. The van der Waals surface area contributed by atoms with E-state index in [1.54, 1.807) is 43.3 Å². The van der Waals surface area contributed by atoms with Crippen LogP contribution in [0, 0.1) is 6.92 Å². The molecule has 0 saturated carbocycles. The van der Waals surface area contributed by atoms with E-state index in [0.717, 1.165) is 0 Å². The number of furan rings is 1. The van der Waals surface area contributed by atoms with Gasteiger partial charge in [-0.05, 0) is 55.0 Å². The Morgan fingerprint density at radius 1 is 1.12 bits per heavy atom. The van der Waals surface area contributed by atoms with Crippen LogP contribution in [-0.4, -0.2) is 37.0 Å². The number of aryl methyl sites for hydroxylation is 1. The van der Waals surface area contributed by atoms with Gasteiger partial charge in [0.05, 0.1) is 42.2 Å². The van der Waals surface area contributed by atoms with Crippen molar-refractivity contribution in [2.24, 2.45) is 0 Å². The molecule has 9 heteroatoms. The molecule has 34 heavy (non-hydrogen) atoms. The molecule has 8 nitrogen and oxygen atoms in total. The second-order valence-corrected chi connectivity index (χ2v) is 7.96. The maximum atomic E-state index is 13.2. The quantitative estimate of drug-likeness (QED) is 0.244. The highest BCUT2D eigenvalue weighted by Crippen LogP contribution is 2.44. The van der Waals surface area contributed by atoms with E-state index < -0.39 is 29.5 Å². The summed E-state index contributed by atoms with van der Waals surface area (Å²) in [5, 5.41) is 11.5. The van der Waals surface area contributed by atoms with Crippen LogP contribution in [0.2, 0.25) is 5.02 Å². The van der Waals surface area contributed by atoms with Crippen molar-refractivity contribution >= 4 is 40.7 Å². The van der Waals surface area contributed by atoms with Crippen molar-refractivity contribution in [3.8, 4) is 5.75 Å². The Labute approximate surface area is 199 Å². The van der Waals surface area contributed by atoms with Gasteiger partial charge in [-0.2, -0.15) is 0 Å². The van der Waals surface area contributed by atoms with Crippen molar-refractivity contribution < 1.29 is 33.4 Å². The number of aliphatic hydroxyl groups excluding tert-OH is 1. The molecule has 1 aliphatic heterocycles. The normalized spacial score (nSPS) is 17.2. The van der Waals surface area contributed by atoms with Gasteiger partial charge in [0.2, 0.25) is 0 Å². The summed E-state index contributed by atoms with van der Waals surface area (Å²) in [6, 6.07) is 11.4. The third kappa shape index (κ3) is 3.82. The van der Waals surface area contributed by atoms with E-state index in [1.165, 1.54) is 37.5 Å². The average molecular weight is 482 g/mol. The lowest BCUT2D eigenvalue weighted by Gasteiger charge is -2.24. The molecular formula is C25H20ClNO7. The number of anilines is 1. The monoisotopic (exact) mass is 481 g/mol. The number of benzene rings is 2. The first-order valence-electron chi connectivity index (χ1n) is 10.2. The minimum absolute atomic E-state index is 0.154. The number of nitrogens with zero attached hydrogens (tertiary/aromatic N) is 1. The topological polar surface area (TPSA) is 106 Å². The number of hydrogen-bond acceptors (Lipinski definition) is 7. The van der Waals surface area contributed by atoms with Crippen LogP contribution in [0.3, 0.4) is 0 Å². The Bertz CT molecular complexity index is 1330. The lowest BCUT2D eigenvalue weighted by molar-refractivity contribution is -0.132. The predicted octanol–water partition coefficient (Wildman–Crippen LogP) is 4.66. The van der Waals surface area contributed by atoms with E-state index in [0.29, 0.717) is 5.56 Å². The Hall–Kier alpha value is -4.04. The van der Waals surface area contributed by atoms with E-state index in [2.05, 4.69) is 0 Å². The Balaban J connectivity index is 1.96. The van der Waals surface area contributed by atoms with Gasteiger partial charge >= 0.3 is 5.97 Å². The lowest BCUT2D eigenvalue weighted by atomic mass is 9.97. The summed E-state index contributed by atoms with van der Waals surface area (Å²) in [7, 11) is 2.62. The molecule has 1 aliphatic rings. The fourth-order valence-electron chi connectivity index (χ4n) is 3.97. The van der Waals surface area contributed by atoms with Crippen LogP contribution in [0.5, 0.6) is 5.75 Å². The van der Waals surface area contributed by atoms with Crippen LogP contribution in [-0.2, 0) is 14.3 Å². The van der Waals surface area contributed by atoms with Crippen LogP contribution >= 0.6 is 11.6 Å². The Morgan fingerprint density at radius 3 is 2.53 bits per heavy atom. The molecule has 3 aromatic rings. The van der Waals surface area contributed by atoms with Gasteiger partial charge in [0.1, 0.15) is 23.3 Å². The predicted molar refractivity (Wildman–Crippen MR) is 124 cm³/mol. The highest BCUT2D eigenvalue weighted by atomic mass is 35.5. The molecule has 1 atom stereocenters. The van der Waals surface area contributed by atoms with E-state index >= 15 is 0 Å². The molecule has 174 valence electrons. The SMILES string of the molecule is COC(=O)c1cccc(N2C(=O)C(=O)/C(=C(\O)c3cc(C)cc(Cl)c3OC)C2c2ccco2)c1. The smallest absolute Gasteiger partial charge is 0.337 e. The van der Waals surface area contributed by atoms with Crippen molar-refractivity contribution in [1.82, 2.24) is 0 Å². The van der Waals surface area contributed by atoms with Crippen LogP contribution in [0.25, 0.3) is 5.76 Å². The van der Waals surface area contributed by atoms with Gasteiger partial charge in [0.25, 0.3) is 11.7 Å². The molecule has 1 aromatic heterocycles. The molecule has 0 bridgehead atoms. The van der Waals surface area contributed by atoms with Crippen LogP contribution in [0.15, 0.2) is 64.8 Å². The Morgan fingerprint density at radius 2 is 1.88 bits per heavy atom. The summed E-state index contributed by atoms with van der Waals surface area (Å²) >= 11 is 6.29. The third-order valence-corrected chi connectivity index (χ3v) is 5.73. The molecular weight excluding hydrogens is 462 g/mol. The number of amides is 1. The zero-order valence-electron chi connectivity index (χ0n) is 18.5. The number of halogens is 1. The van der Waals surface area contributed by atoms with Gasteiger partial charge in [-0.1, -0.05) is 17.7 Å². The molecule has 1 unspecified atom stereocenters. The van der Waals surface area contributed by atoms with Crippen LogP contribution < -0.4 is 9.64 Å². The van der Waals surface area contributed by atoms with E-state index in [9.17, 15) is 19.5 Å². The number of aliphatic hydroxyl groups is 1. The highest BCUT2D eigenvalue weighted by Gasteiger charge is 2.48. The van der Waals surface area contributed by atoms with Crippen molar-refractivity contribution in [2.75, 3.05) is 19.1 Å². The third-order valence-electron chi connectivity index (χ3n) is 5.45. The molecule has 0 radical (unpaired) electrons. The number of ether oxygens (including phenoxy) is 2. The summed E-state index contributed by atoms with van der Waals surface area (Å²) in [6.45, 7) is 1.77. The average Bonchev–Trinajstić information content (AvgIpc) is 3.44. The molecule has 1 N–H and O–H groups in total. The van der Waals surface area contributed by atoms with Crippen molar-refractivity contribution in [2.45, 2.75) is 13.0 Å². The number of hydrogen-bond donors (Lipinski definition) is 1. The summed E-state index contributed by atoms with van der Waals surface area (Å²) in [6.07, 6.45) is 1.39. The number of rotatable bonds is 5. The van der Waals surface area contributed by atoms with E-state index in [4.69, 9.17) is 25.5 Å². The minimum atomic E-state index is -1.10. The summed E-state index contributed by atoms with van der Waals surface area (Å²) < 4.78 is 15.7. The molecule has 2 heterocycles. The van der Waals surface area contributed by atoms with Gasteiger partial charge in [0, 0.05) is 5.69 Å². The maximum absolute atomic E-state index is 13.2.